The quantitative estimate of drug-likeness (QED) is 0.528. The van der Waals surface area contributed by atoms with Crippen molar-refractivity contribution in [2.45, 2.75) is 45.4 Å². The van der Waals surface area contributed by atoms with E-state index in [0.29, 0.717) is 19.6 Å². The first-order chi connectivity index (χ1) is 14.3. The smallest absolute Gasteiger partial charge is 0.165 e. The molecule has 2 aromatic carbocycles. The van der Waals surface area contributed by atoms with Gasteiger partial charge in [0.1, 0.15) is 18.5 Å². The number of para-hydroxylation sites is 1. The maximum Gasteiger partial charge on any atom is 0.165 e. The van der Waals surface area contributed by atoms with Gasteiger partial charge < -0.3 is 14.3 Å². The van der Waals surface area contributed by atoms with Crippen LogP contribution in [0.1, 0.15) is 37.7 Å². The van der Waals surface area contributed by atoms with E-state index in [4.69, 9.17) is 9.15 Å². The lowest BCUT2D eigenvalue weighted by Gasteiger charge is -2.25. The van der Waals surface area contributed by atoms with Gasteiger partial charge in [0, 0.05) is 13.1 Å². The van der Waals surface area contributed by atoms with Crippen LogP contribution in [-0.4, -0.2) is 29.3 Å². The number of aliphatic hydroxyl groups excluding tert-OH is 1. The number of ether oxygens (including phenoxy) is 1. The maximum absolute atomic E-state index is 13.7. The molecule has 30 heavy (non-hydrogen) atoms. The van der Waals surface area contributed by atoms with Gasteiger partial charge in [-0.25, -0.2) is 4.39 Å². The van der Waals surface area contributed by atoms with Gasteiger partial charge in [-0.05, 0) is 40.8 Å². The molecular formula is C25H30FNO3. The van der Waals surface area contributed by atoms with Crippen molar-refractivity contribution in [3.8, 4) is 5.75 Å². The maximum atomic E-state index is 13.7. The first kappa shape index (κ1) is 22.1. The van der Waals surface area contributed by atoms with Gasteiger partial charge in [-0.2, -0.15) is 0 Å². The summed E-state index contributed by atoms with van der Waals surface area (Å²) in [5.74, 6) is 0.534. The minimum absolute atomic E-state index is 0.0125. The molecule has 3 rings (SSSR count). The largest absolute Gasteiger partial charge is 0.488 e. The molecule has 0 aliphatic rings. The molecule has 3 aromatic rings. The summed E-state index contributed by atoms with van der Waals surface area (Å²) < 4.78 is 24.7. The van der Waals surface area contributed by atoms with E-state index in [9.17, 15) is 9.50 Å². The van der Waals surface area contributed by atoms with Crippen LogP contribution >= 0.6 is 0 Å². The molecule has 0 aliphatic heterocycles. The number of furan rings is 1. The molecule has 1 atom stereocenters. The van der Waals surface area contributed by atoms with Gasteiger partial charge in [0.15, 0.2) is 11.6 Å². The molecule has 1 aromatic heterocycles. The first-order valence-corrected chi connectivity index (χ1v) is 10.2. The fourth-order valence-corrected chi connectivity index (χ4v) is 3.27. The Morgan fingerprint density at radius 3 is 2.37 bits per heavy atom. The van der Waals surface area contributed by atoms with Crippen molar-refractivity contribution in [2.24, 2.45) is 0 Å². The number of nitrogens with zero attached hydrogens (tertiary/aromatic N) is 1. The Morgan fingerprint density at radius 2 is 1.73 bits per heavy atom. The summed E-state index contributed by atoms with van der Waals surface area (Å²) in [6.45, 7) is 8.17. The Morgan fingerprint density at radius 1 is 1.00 bits per heavy atom. The predicted molar refractivity (Wildman–Crippen MR) is 116 cm³/mol. The van der Waals surface area contributed by atoms with E-state index in [1.54, 1.807) is 24.5 Å². The zero-order chi connectivity index (χ0) is 21.6. The van der Waals surface area contributed by atoms with Crippen LogP contribution in [0.2, 0.25) is 0 Å². The topological polar surface area (TPSA) is 45.8 Å². The number of rotatable bonds is 9. The Balaban J connectivity index is 1.64. The van der Waals surface area contributed by atoms with E-state index in [-0.39, 0.29) is 17.8 Å². The lowest BCUT2D eigenvalue weighted by Crippen LogP contribution is -2.35. The van der Waals surface area contributed by atoms with E-state index in [2.05, 4.69) is 49.9 Å². The lowest BCUT2D eigenvalue weighted by molar-refractivity contribution is 0.0592. The van der Waals surface area contributed by atoms with Crippen molar-refractivity contribution in [2.75, 3.05) is 13.2 Å². The van der Waals surface area contributed by atoms with Crippen molar-refractivity contribution in [1.82, 2.24) is 4.90 Å². The molecule has 1 unspecified atom stereocenters. The van der Waals surface area contributed by atoms with Crippen LogP contribution in [0.15, 0.2) is 71.3 Å². The van der Waals surface area contributed by atoms with Crippen LogP contribution in [0.25, 0.3) is 0 Å². The Hall–Kier alpha value is -2.63. The van der Waals surface area contributed by atoms with Crippen molar-refractivity contribution in [3.63, 3.8) is 0 Å². The molecule has 160 valence electrons. The standard InChI is InChI=1S/C25H30FNO3/c1-25(2,3)20-12-10-19(11-13-20)15-27(17-22-7-6-14-29-22)16-21(28)18-30-24-9-5-4-8-23(24)26/h4-14,21,28H,15-18H2,1-3H3. The SMILES string of the molecule is CC(C)(C)c1ccc(CN(Cc2ccco2)CC(O)COc2ccccc2F)cc1. The van der Waals surface area contributed by atoms with Crippen LogP contribution in [-0.2, 0) is 18.5 Å². The molecular weight excluding hydrogens is 381 g/mol. The molecule has 0 bridgehead atoms. The Labute approximate surface area is 177 Å². The number of halogens is 1. The van der Waals surface area contributed by atoms with E-state index in [0.717, 1.165) is 11.3 Å². The Bertz CT molecular complexity index is 901. The molecule has 5 heteroatoms. The molecule has 0 fully saturated rings. The highest BCUT2D eigenvalue weighted by Gasteiger charge is 2.17. The normalized spacial score (nSPS) is 12.9. The average molecular weight is 412 g/mol. The van der Waals surface area contributed by atoms with E-state index in [1.807, 2.05) is 12.1 Å². The summed E-state index contributed by atoms with van der Waals surface area (Å²) in [5.41, 5.74) is 2.53. The van der Waals surface area contributed by atoms with Gasteiger partial charge in [-0.1, -0.05) is 57.2 Å². The fraction of sp³-hybridized carbons (Fsp3) is 0.360. The second-order valence-electron chi connectivity index (χ2n) is 8.59. The zero-order valence-electron chi connectivity index (χ0n) is 17.8. The number of aliphatic hydroxyl groups is 1. The summed E-state index contributed by atoms with van der Waals surface area (Å²) in [7, 11) is 0. The summed E-state index contributed by atoms with van der Waals surface area (Å²) in [4.78, 5) is 2.10. The highest BCUT2D eigenvalue weighted by molar-refractivity contribution is 5.27. The van der Waals surface area contributed by atoms with Crippen LogP contribution < -0.4 is 4.74 Å². The van der Waals surface area contributed by atoms with Crippen LogP contribution in [0.3, 0.4) is 0 Å². The van der Waals surface area contributed by atoms with Crippen molar-refractivity contribution in [3.05, 3.63) is 89.6 Å². The minimum Gasteiger partial charge on any atom is -0.488 e. The van der Waals surface area contributed by atoms with Gasteiger partial charge in [0.25, 0.3) is 0 Å². The second-order valence-corrected chi connectivity index (χ2v) is 8.59. The van der Waals surface area contributed by atoms with E-state index in [1.165, 1.54) is 11.6 Å². The van der Waals surface area contributed by atoms with Crippen molar-refractivity contribution in [1.29, 1.82) is 0 Å². The van der Waals surface area contributed by atoms with E-state index < -0.39 is 11.9 Å². The number of hydrogen-bond donors (Lipinski definition) is 1. The van der Waals surface area contributed by atoms with Crippen molar-refractivity contribution >= 4 is 0 Å². The van der Waals surface area contributed by atoms with Gasteiger partial charge in [-0.15, -0.1) is 0 Å². The van der Waals surface area contributed by atoms with Crippen molar-refractivity contribution < 1.29 is 18.7 Å². The molecule has 0 radical (unpaired) electrons. The van der Waals surface area contributed by atoms with Gasteiger partial charge in [0.05, 0.1) is 12.8 Å². The first-order valence-electron chi connectivity index (χ1n) is 10.2. The molecule has 4 nitrogen and oxygen atoms in total. The van der Waals surface area contributed by atoms with Gasteiger partial charge in [-0.3, -0.25) is 4.90 Å². The summed E-state index contributed by atoms with van der Waals surface area (Å²) in [6, 6.07) is 18.5. The average Bonchev–Trinajstić information content (AvgIpc) is 3.20. The molecule has 0 spiro atoms. The zero-order valence-corrected chi connectivity index (χ0v) is 17.8. The summed E-state index contributed by atoms with van der Waals surface area (Å²) >= 11 is 0. The molecule has 0 aliphatic carbocycles. The van der Waals surface area contributed by atoms with Crippen LogP contribution in [0.4, 0.5) is 4.39 Å². The van der Waals surface area contributed by atoms with Gasteiger partial charge >= 0.3 is 0 Å². The Kier molecular flexibility index (Phi) is 7.29. The lowest BCUT2D eigenvalue weighted by atomic mass is 9.87. The predicted octanol–water partition coefficient (Wildman–Crippen LogP) is 5.16. The third kappa shape index (κ3) is 6.44. The monoisotopic (exact) mass is 411 g/mol. The molecule has 0 amide bonds. The molecule has 0 saturated carbocycles. The number of hydrogen-bond acceptors (Lipinski definition) is 4. The third-order valence-electron chi connectivity index (χ3n) is 4.92. The van der Waals surface area contributed by atoms with Crippen LogP contribution in [0.5, 0.6) is 5.75 Å². The number of benzene rings is 2. The third-order valence-corrected chi connectivity index (χ3v) is 4.92. The van der Waals surface area contributed by atoms with Gasteiger partial charge in [0.2, 0.25) is 0 Å². The summed E-state index contributed by atoms with van der Waals surface area (Å²) in [6.07, 6.45) is 0.872. The second kappa shape index (κ2) is 9.92. The molecule has 1 N–H and O–H groups in total. The minimum atomic E-state index is -0.770. The van der Waals surface area contributed by atoms with E-state index >= 15 is 0 Å². The molecule has 0 saturated heterocycles. The highest BCUT2D eigenvalue weighted by atomic mass is 19.1. The van der Waals surface area contributed by atoms with Crippen LogP contribution in [0, 0.1) is 5.82 Å². The molecule has 1 heterocycles. The highest BCUT2D eigenvalue weighted by Crippen LogP contribution is 2.23. The fourth-order valence-electron chi connectivity index (χ4n) is 3.27. The summed E-state index contributed by atoms with van der Waals surface area (Å²) in [5, 5.41) is 10.5.